The van der Waals surface area contributed by atoms with E-state index in [2.05, 4.69) is 0 Å². The molecule has 0 atom stereocenters. The van der Waals surface area contributed by atoms with Gasteiger partial charge in [0.25, 0.3) is 0 Å². The van der Waals surface area contributed by atoms with Crippen molar-refractivity contribution in [2.24, 2.45) is 5.73 Å². The highest BCUT2D eigenvalue weighted by molar-refractivity contribution is 6.48. The lowest BCUT2D eigenvalue weighted by Crippen LogP contribution is -2.14. The summed E-state index contributed by atoms with van der Waals surface area (Å²) in [7, 11) is 0. The molecule has 0 unspecified atom stereocenters. The Bertz CT molecular complexity index is 1800. The fourth-order valence-corrected chi connectivity index (χ4v) is 3.85. The first-order valence-electron chi connectivity index (χ1n) is 10.4. The van der Waals surface area contributed by atoms with Crippen LogP contribution in [0, 0.1) is 56.7 Å². The van der Waals surface area contributed by atoms with Gasteiger partial charge in [0, 0.05) is 15.7 Å². The predicted octanol–water partition coefficient (Wildman–Crippen LogP) is -0.461. The topological polar surface area (TPSA) is 145 Å². The lowest BCUT2D eigenvalue weighted by atomic mass is 10.1. The van der Waals surface area contributed by atoms with Crippen molar-refractivity contribution in [1.29, 1.82) is 26.3 Å². The van der Waals surface area contributed by atoms with Crippen LogP contribution in [0.25, 0.3) is 33.6 Å². The average Bonchev–Trinajstić information content (AvgIpc) is 3.66. The van der Waals surface area contributed by atoms with Crippen LogP contribution in [-0.2, 0) is 0 Å². The highest BCUT2D eigenvalue weighted by atomic mass is 14.6. The first-order valence-corrected chi connectivity index (χ1v) is 10.4. The quantitative estimate of drug-likeness (QED) is 0.495. The SMILES string of the molecule is N#CC(N)=c1ccc(=C2C(=c3ccc(=C(C#N)C#N)cc3)C2=c2ccc(=C(C#N)C#N)cc2)cc1. The number of hydrogen-bond donors (Lipinski definition) is 1. The van der Waals surface area contributed by atoms with Gasteiger partial charge in [-0.1, -0.05) is 72.8 Å². The molecule has 1 aliphatic carbocycles. The summed E-state index contributed by atoms with van der Waals surface area (Å²) in [5, 5.41) is 50.1. The van der Waals surface area contributed by atoms with Gasteiger partial charge in [-0.3, -0.25) is 0 Å². The molecule has 35 heavy (non-hydrogen) atoms. The summed E-state index contributed by atoms with van der Waals surface area (Å²) in [6.45, 7) is 0. The maximum atomic E-state index is 9.13. The molecule has 1 aliphatic rings. The van der Waals surface area contributed by atoms with Crippen LogP contribution in [0.5, 0.6) is 0 Å². The highest BCUT2D eigenvalue weighted by Crippen LogP contribution is 2.46. The molecule has 0 bridgehead atoms. The smallest absolute Gasteiger partial charge is 0.136 e. The molecule has 0 saturated heterocycles. The molecule has 3 aromatic carbocycles. The van der Waals surface area contributed by atoms with Gasteiger partial charge in [0.15, 0.2) is 0 Å². The van der Waals surface area contributed by atoms with Crippen molar-refractivity contribution in [3.63, 3.8) is 0 Å². The maximum Gasteiger partial charge on any atom is 0.136 e. The van der Waals surface area contributed by atoms with Crippen LogP contribution in [0.4, 0.5) is 0 Å². The molecular formula is C29H14N6. The van der Waals surface area contributed by atoms with E-state index in [1.54, 1.807) is 36.4 Å². The minimum Gasteiger partial charge on any atom is -0.390 e. The Labute approximate surface area is 200 Å². The summed E-state index contributed by atoms with van der Waals surface area (Å²) in [5.74, 6) is 0. The fraction of sp³-hybridized carbons (Fsp3) is 0. The van der Waals surface area contributed by atoms with Crippen LogP contribution < -0.4 is 37.0 Å². The molecule has 160 valence electrons. The van der Waals surface area contributed by atoms with E-state index in [4.69, 9.17) is 32.0 Å². The lowest BCUT2D eigenvalue weighted by Gasteiger charge is -1.89. The Hall–Kier alpha value is -5.87. The second-order valence-corrected chi connectivity index (χ2v) is 7.58. The van der Waals surface area contributed by atoms with Crippen LogP contribution in [0.15, 0.2) is 72.8 Å². The zero-order chi connectivity index (χ0) is 24.9. The van der Waals surface area contributed by atoms with Gasteiger partial charge >= 0.3 is 0 Å². The number of hydrogen-bond acceptors (Lipinski definition) is 6. The van der Waals surface area contributed by atoms with E-state index in [1.807, 2.05) is 66.7 Å². The van der Waals surface area contributed by atoms with Crippen LogP contribution in [0.2, 0.25) is 0 Å². The summed E-state index contributed by atoms with van der Waals surface area (Å²) in [5.41, 5.74) is 9.00. The van der Waals surface area contributed by atoms with Gasteiger partial charge in [-0.15, -0.1) is 0 Å². The molecule has 6 nitrogen and oxygen atoms in total. The van der Waals surface area contributed by atoms with E-state index in [1.165, 1.54) is 0 Å². The lowest BCUT2D eigenvalue weighted by molar-refractivity contribution is 1.45. The largest absolute Gasteiger partial charge is 0.390 e. The van der Waals surface area contributed by atoms with Crippen molar-refractivity contribution in [3.05, 3.63) is 104 Å². The van der Waals surface area contributed by atoms with Gasteiger partial charge in [0.1, 0.15) is 47.2 Å². The number of nitriles is 5. The molecule has 1 fully saturated rings. The molecular weight excluding hydrogens is 432 g/mol. The highest BCUT2D eigenvalue weighted by Gasteiger charge is 2.31. The molecule has 0 aliphatic heterocycles. The third kappa shape index (κ3) is 4.14. The van der Waals surface area contributed by atoms with Gasteiger partial charge in [0.05, 0.1) is 0 Å². The van der Waals surface area contributed by atoms with Crippen molar-refractivity contribution in [3.8, 4) is 30.3 Å². The van der Waals surface area contributed by atoms with Crippen LogP contribution in [-0.4, -0.2) is 0 Å². The molecule has 0 radical (unpaired) electrons. The monoisotopic (exact) mass is 446 g/mol. The third-order valence-corrected chi connectivity index (χ3v) is 5.66. The molecule has 0 amide bonds. The second-order valence-electron chi connectivity index (χ2n) is 7.58. The molecule has 6 heteroatoms. The summed E-state index contributed by atoms with van der Waals surface area (Å²) >= 11 is 0. The Morgan fingerprint density at radius 2 is 0.714 bits per heavy atom. The maximum absolute atomic E-state index is 9.13. The number of benzene rings is 3. The average molecular weight is 446 g/mol. The first-order chi connectivity index (χ1) is 17.1. The van der Waals surface area contributed by atoms with E-state index in [9.17, 15) is 0 Å². The summed E-state index contributed by atoms with van der Waals surface area (Å²) < 4.78 is 0. The summed E-state index contributed by atoms with van der Waals surface area (Å²) in [6.07, 6.45) is 0. The Balaban J connectivity index is 2.07. The van der Waals surface area contributed by atoms with Crippen molar-refractivity contribution in [2.75, 3.05) is 0 Å². The summed E-state index contributed by atoms with van der Waals surface area (Å²) in [6, 6.07) is 31.4. The van der Waals surface area contributed by atoms with E-state index < -0.39 is 0 Å². The third-order valence-electron chi connectivity index (χ3n) is 5.66. The first kappa shape index (κ1) is 22.3. The fourth-order valence-electron chi connectivity index (χ4n) is 3.85. The molecule has 0 heterocycles. The Morgan fingerprint density at radius 3 is 0.971 bits per heavy atom. The van der Waals surface area contributed by atoms with E-state index >= 15 is 0 Å². The number of nitrogens with two attached hydrogens (primary N) is 1. The standard InChI is InChI=1S/C29H14N6/c30-13-24(14-31)18-1-7-21(8-2-18)27-28(22-9-3-19(4-10-22)25(15-32)16-33)29(27)23-11-5-20(6-12-23)26(35)17-34/h1-12H,35H2. The van der Waals surface area contributed by atoms with E-state index in [-0.39, 0.29) is 16.8 Å². The van der Waals surface area contributed by atoms with Crippen molar-refractivity contribution >= 4 is 33.6 Å². The Morgan fingerprint density at radius 1 is 0.429 bits per heavy atom. The van der Waals surface area contributed by atoms with Crippen LogP contribution in [0.3, 0.4) is 0 Å². The molecule has 2 N–H and O–H groups in total. The summed E-state index contributed by atoms with van der Waals surface area (Å²) in [4.78, 5) is 0. The van der Waals surface area contributed by atoms with Gasteiger partial charge in [0.2, 0.25) is 0 Å². The van der Waals surface area contributed by atoms with Crippen molar-refractivity contribution in [1.82, 2.24) is 0 Å². The van der Waals surface area contributed by atoms with Crippen LogP contribution in [0.1, 0.15) is 0 Å². The van der Waals surface area contributed by atoms with Gasteiger partial charge < -0.3 is 5.73 Å². The minimum atomic E-state index is 0.0466. The molecule has 0 spiro atoms. The molecule has 1 saturated carbocycles. The zero-order valence-corrected chi connectivity index (χ0v) is 18.2. The van der Waals surface area contributed by atoms with Gasteiger partial charge in [-0.05, 0) is 32.4 Å². The van der Waals surface area contributed by atoms with E-state index in [0.717, 1.165) is 32.4 Å². The second kappa shape index (κ2) is 9.32. The van der Waals surface area contributed by atoms with E-state index in [0.29, 0.717) is 15.7 Å². The molecule has 3 aromatic rings. The van der Waals surface area contributed by atoms with Crippen LogP contribution >= 0.6 is 0 Å². The normalized spacial score (nSPS) is 11.2. The number of rotatable bonds is 0. The minimum absolute atomic E-state index is 0.0466. The van der Waals surface area contributed by atoms with Gasteiger partial charge in [-0.25, -0.2) is 0 Å². The van der Waals surface area contributed by atoms with Crippen molar-refractivity contribution in [2.45, 2.75) is 0 Å². The number of nitrogens with zero attached hydrogens (tertiary/aromatic N) is 5. The molecule has 4 rings (SSSR count). The van der Waals surface area contributed by atoms with Crippen molar-refractivity contribution < 1.29 is 0 Å². The predicted molar refractivity (Wildman–Crippen MR) is 130 cm³/mol. The zero-order valence-electron chi connectivity index (χ0n) is 18.2. The Kier molecular flexibility index (Phi) is 5.95. The molecule has 0 aromatic heterocycles. The van der Waals surface area contributed by atoms with Gasteiger partial charge in [-0.2, -0.15) is 26.3 Å².